The molecular formula is C15H22O6S. The maximum atomic E-state index is 12.1. The summed E-state index contributed by atoms with van der Waals surface area (Å²) in [4.78, 5) is 0. The fraction of sp³-hybridized carbons (Fsp3) is 0.600. The molecule has 1 atom stereocenters. The molecule has 1 saturated heterocycles. The predicted octanol–water partition coefficient (Wildman–Crippen LogP) is 2.08. The summed E-state index contributed by atoms with van der Waals surface area (Å²) in [7, 11) is -2.25. The Morgan fingerprint density at radius 1 is 1.27 bits per heavy atom. The number of methoxy groups -OCH3 is 1. The van der Waals surface area contributed by atoms with Gasteiger partial charge in [-0.25, -0.2) is 4.18 Å². The molecule has 124 valence electrons. The van der Waals surface area contributed by atoms with Crippen molar-refractivity contribution in [1.82, 2.24) is 0 Å². The standard InChI is InChI=1S/C15H22O6S/c1-12(20-14-7-9-19-10-8-14)21-22(16,17)11-13-5-3-4-6-15(13)18-2/h3-6,12,14H,7-11H2,1-2H3/t12-/m1/s1. The third-order valence-corrected chi connectivity index (χ3v) is 4.59. The minimum absolute atomic E-state index is 0.0230. The van der Waals surface area contributed by atoms with Crippen molar-refractivity contribution < 1.29 is 26.8 Å². The minimum Gasteiger partial charge on any atom is -0.496 e. The van der Waals surface area contributed by atoms with Crippen LogP contribution in [0.25, 0.3) is 0 Å². The van der Waals surface area contributed by atoms with Crippen LogP contribution in [0.15, 0.2) is 24.3 Å². The van der Waals surface area contributed by atoms with Gasteiger partial charge in [-0.05, 0) is 25.8 Å². The monoisotopic (exact) mass is 330 g/mol. The molecule has 7 heteroatoms. The summed E-state index contributed by atoms with van der Waals surface area (Å²) in [6.07, 6.45) is 0.661. The molecular weight excluding hydrogens is 308 g/mol. The van der Waals surface area contributed by atoms with Crippen LogP contribution in [0.2, 0.25) is 0 Å². The lowest BCUT2D eigenvalue weighted by atomic mass is 10.2. The highest BCUT2D eigenvalue weighted by Gasteiger charge is 2.23. The van der Waals surface area contributed by atoms with Crippen LogP contribution in [-0.2, 0) is 29.5 Å². The normalized spacial score (nSPS) is 18.1. The Balaban J connectivity index is 1.92. The average molecular weight is 330 g/mol. The van der Waals surface area contributed by atoms with E-state index < -0.39 is 16.4 Å². The first-order valence-electron chi connectivity index (χ1n) is 7.26. The van der Waals surface area contributed by atoms with Gasteiger partial charge in [0.05, 0.1) is 13.2 Å². The van der Waals surface area contributed by atoms with Crippen molar-refractivity contribution in [3.05, 3.63) is 29.8 Å². The van der Waals surface area contributed by atoms with Crippen molar-refractivity contribution in [2.24, 2.45) is 0 Å². The summed E-state index contributed by atoms with van der Waals surface area (Å²) in [6, 6.07) is 6.96. The number of hydrogen-bond donors (Lipinski definition) is 0. The van der Waals surface area contributed by atoms with Crippen LogP contribution < -0.4 is 4.74 Å². The molecule has 1 aromatic carbocycles. The van der Waals surface area contributed by atoms with Gasteiger partial charge in [0.2, 0.25) is 0 Å². The largest absolute Gasteiger partial charge is 0.496 e. The molecule has 0 unspecified atom stereocenters. The Bertz CT molecular complexity index is 565. The van der Waals surface area contributed by atoms with Crippen LogP contribution in [0.4, 0.5) is 0 Å². The van der Waals surface area contributed by atoms with Crippen LogP contribution >= 0.6 is 0 Å². The highest BCUT2D eigenvalue weighted by Crippen LogP contribution is 2.22. The molecule has 1 aliphatic heterocycles. The Morgan fingerprint density at radius 3 is 2.64 bits per heavy atom. The quantitative estimate of drug-likeness (QED) is 0.563. The zero-order chi connectivity index (χ0) is 16.0. The van der Waals surface area contributed by atoms with Gasteiger partial charge >= 0.3 is 0 Å². The number of hydrogen-bond acceptors (Lipinski definition) is 6. The molecule has 0 N–H and O–H groups in total. The Kier molecular flexibility index (Phi) is 6.19. The predicted molar refractivity (Wildman–Crippen MR) is 81.1 cm³/mol. The Morgan fingerprint density at radius 2 is 1.95 bits per heavy atom. The van der Waals surface area contributed by atoms with Gasteiger partial charge in [0.25, 0.3) is 10.1 Å². The van der Waals surface area contributed by atoms with Gasteiger partial charge in [-0.15, -0.1) is 0 Å². The molecule has 0 spiro atoms. The van der Waals surface area contributed by atoms with Gasteiger partial charge < -0.3 is 14.2 Å². The number of benzene rings is 1. The molecule has 0 saturated carbocycles. The lowest BCUT2D eigenvalue weighted by Gasteiger charge is -2.25. The molecule has 0 aliphatic carbocycles. The smallest absolute Gasteiger partial charge is 0.274 e. The van der Waals surface area contributed by atoms with E-state index in [0.717, 1.165) is 12.8 Å². The summed E-state index contributed by atoms with van der Waals surface area (Å²) in [5, 5.41) is 0. The third kappa shape index (κ3) is 5.24. The topological polar surface area (TPSA) is 71.1 Å². The van der Waals surface area contributed by atoms with Gasteiger partial charge in [-0.1, -0.05) is 18.2 Å². The molecule has 22 heavy (non-hydrogen) atoms. The summed E-state index contributed by atoms with van der Waals surface area (Å²) in [5.41, 5.74) is 0.559. The van der Waals surface area contributed by atoms with Gasteiger partial charge in [-0.2, -0.15) is 8.42 Å². The lowest BCUT2D eigenvalue weighted by Crippen LogP contribution is -2.29. The first kappa shape index (κ1) is 17.2. The summed E-state index contributed by atoms with van der Waals surface area (Å²) in [5.74, 6) is 0.269. The minimum atomic E-state index is -3.75. The average Bonchev–Trinajstić information content (AvgIpc) is 2.47. The van der Waals surface area contributed by atoms with Gasteiger partial charge in [0, 0.05) is 18.8 Å². The maximum Gasteiger partial charge on any atom is 0.274 e. The van der Waals surface area contributed by atoms with E-state index in [1.54, 1.807) is 31.2 Å². The first-order valence-corrected chi connectivity index (χ1v) is 8.84. The van der Waals surface area contributed by atoms with Crippen molar-refractivity contribution in [3.63, 3.8) is 0 Å². The van der Waals surface area contributed by atoms with Crippen molar-refractivity contribution in [3.8, 4) is 5.75 Å². The SMILES string of the molecule is COc1ccccc1CS(=O)(=O)O[C@H](C)OC1CCOCC1. The fourth-order valence-corrected chi connectivity index (χ4v) is 3.50. The maximum absolute atomic E-state index is 12.1. The summed E-state index contributed by atoms with van der Waals surface area (Å²) in [6.45, 7) is 2.85. The Labute approximate surface area is 131 Å². The summed E-state index contributed by atoms with van der Waals surface area (Å²) >= 11 is 0. The zero-order valence-corrected chi connectivity index (χ0v) is 13.7. The number of rotatable bonds is 7. The van der Waals surface area contributed by atoms with E-state index in [0.29, 0.717) is 24.5 Å². The van der Waals surface area contributed by atoms with Crippen LogP contribution in [0.1, 0.15) is 25.3 Å². The molecule has 2 rings (SSSR count). The highest BCUT2D eigenvalue weighted by atomic mass is 32.2. The molecule has 1 aromatic rings. The number of ether oxygens (including phenoxy) is 3. The van der Waals surface area contributed by atoms with Crippen LogP contribution in [-0.4, -0.2) is 41.1 Å². The zero-order valence-electron chi connectivity index (χ0n) is 12.9. The van der Waals surface area contributed by atoms with E-state index in [-0.39, 0.29) is 11.9 Å². The molecule has 1 fully saturated rings. The molecule has 0 radical (unpaired) electrons. The van der Waals surface area contributed by atoms with Crippen LogP contribution in [0.3, 0.4) is 0 Å². The highest BCUT2D eigenvalue weighted by molar-refractivity contribution is 7.85. The second kappa shape index (κ2) is 7.92. The van der Waals surface area contributed by atoms with E-state index in [1.165, 1.54) is 7.11 Å². The molecule has 0 bridgehead atoms. The second-order valence-corrected chi connectivity index (χ2v) is 6.72. The molecule has 1 aliphatic rings. The summed E-state index contributed by atoms with van der Waals surface area (Å²) < 4.78 is 45.4. The molecule has 6 nitrogen and oxygen atoms in total. The number of para-hydroxylation sites is 1. The molecule has 0 amide bonds. The van der Waals surface area contributed by atoms with E-state index in [2.05, 4.69) is 0 Å². The van der Waals surface area contributed by atoms with Gasteiger partial charge in [0.15, 0.2) is 6.29 Å². The van der Waals surface area contributed by atoms with Crippen molar-refractivity contribution in [2.75, 3.05) is 20.3 Å². The second-order valence-electron chi connectivity index (χ2n) is 5.13. The lowest BCUT2D eigenvalue weighted by molar-refractivity contribution is -0.131. The molecule has 0 aromatic heterocycles. The fourth-order valence-electron chi connectivity index (χ4n) is 2.36. The van der Waals surface area contributed by atoms with E-state index >= 15 is 0 Å². The van der Waals surface area contributed by atoms with E-state index in [9.17, 15) is 8.42 Å². The Hall–Kier alpha value is -1.15. The molecule has 1 heterocycles. The van der Waals surface area contributed by atoms with Crippen molar-refractivity contribution in [2.45, 2.75) is 37.9 Å². The first-order chi connectivity index (χ1) is 10.5. The van der Waals surface area contributed by atoms with E-state index in [4.69, 9.17) is 18.4 Å². The van der Waals surface area contributed by atoms with Crippen LogP contribution in [0.5, 0.6) is 5.75 Å². The van der Waals surface area contributed by atoms with Crippen molar-refractivity contribution >= 4 is 10.1 Å². The van der Waals surface area contributed by atoms with E-state index in [1.807, 2.05) is 0 Å². The third-order valence-electron chi connectivity index (χ3n) is 3.36. The van der Waals surface area contributed by atoms with Gasteiger partial charge in [0.1, 0.15) is 11.5 Å². The van der Waals surface area contributed by atoms with Crippen molar-refractivity contribution in [1.29, 1.82) is 0 Å². The van der Waals surface area contributed by atoms with Crippen LogP contribution in [0, 0.1) is 0 Å². The van der Waals surface area contributed by atoms with Gasteiger partial charge in [-0.3, -0.25) is 0 Å².